The van der Waals surface area contributed by atoms with Crippen LogP contribution in [0.15, 0.2) is 4.79 Å². The molecule has 1 aromatic heterocycles. The van der Waals surface area contributed by atoms with Crippen molar-refractivity contribution < 1.29 is 9.53 Å². The van der Waals surface area contributed by atoms with E-state index in [-0.39, 0.29) is 12.1 Å². The summed E-state index contributed by atoms with van der Waals surface area (Å²) in [5.74, 6) is 0.561. The molecule has 1 aliphatic rings. The van der Waals surface area contributed by atoms with Crippen molar-refractivity contribution in [1.82, 2.24) is 14.9 Å². The van der Waals surface area contributed by atoms with Gasteiger partial charge in [0.15, 0.2) is 0 Å². The number of H-pyrrole nitrogens is 1. The van der Waals surface area contributed by atoms with Crippen molar-refractivity contribution in [2.45, 2.75) is 20.0 Å². The van der Waals surface area contributed by atoms with Crippen LogP contribution >= 0.6 is 0 Å². The average Bonchev–Trinajstić information content (AvgIpc) is 2.60. The van der Waals surface area contributed by atoms with Gasteiger partial charge in [0.1, 0.15) is 5.82 Å². The number of methoxy groups -OCH3 is 1. The van der Waals surface area contributed by atoms with E-state index in [9.17, 15) is 9.59 Å². The number of hydrogen-bond donors (Lipinski definition) is 1. The Morgan fingerprint density at radius 2 is 2.27 bits per heavy atom. The fourth-order valence-corrected chi connectivity index (χ4v) is 1.65. The van der Waals surface area contributed by atoms with Crippen molar-refractivity contribution in [3.05, 3.63) is 27.4 Å². The summed E-state index contributed by atoms with van der Waals surface area (Å²) in [4.78, 5) is 31.0. The van der Waals surface area contributed by atoms with E-state index in [0.717, 1.165) is 0 Å². The zero-order valence-corrected chi connectivity index (χ0v) is 8.53. The molecular weight excluding hydrogens is 198 g/mol. The summed E-state index contributed by atoms with van der Waals surface area (Å²) in [6.07, 6.45) is -0.440. The summed E-state index contributed by atoms with van der Waals surface area (Å²) < 4.78 is 4.58. The molecule has 0 saturated heterocycles. The van der Waals surface area contributed by atoms with Gasteiger partial charge in [-0.3, -0.25) is 9.69 Å². The topological polar surface area (TPSA) is 75.3 Å². The van der Waals surface area contributed by atoms with E-state index in [0.29, 0.717) is 23.6 Å². The zero-order chi connectivity index (χ0) is 11.0. The first-order valence-corrected chi connectivity index (χ1v) is 4.53. The van der Waals surface area contributed by atoms with Crippen LogP contribution in [0.2, 0.25) is 0 Å². The lowest BCUT2D eigenvalue weighted by atomic mass is 10.3. The van der Waals surface area contributed by atoms with E-state index < -0.39 is 6.09 Å². The largest absolute Gasteiger partial charge is 0.453 e. The van der Waals surface area contributed by atoms with E-state index >= 15 is 0 Å². The van der Waals surface area contributed by atoms with E-state index in [1.165, 1.54) is 12.0 Å². The molecule has 0 aromatic carbocycles. The molecule has 2 heterocycles. The predicted molar refractivity (Wildman–Crippen MR) is 51.2 cm³/mol. The third-order valence-corrected chi connectivity index (χ3v) is 2.34. The number of nitrogens with zero attached hydrogens (tertiary/aromatic N) is 2. The van der Waals surface area contributed by atoms with E-state index in [4.69, 9.17) is 0 Å². The smallest absolute Gasteiger partial charge is 0.410 e. The first-order valence-electron chi connectivity index (χ1n) is 4.53. The Labute approximate surface area is 85.9 Å². The summed E-state index contributed by atoms with van der Waals surface area (Å²) in [5.41, 5.74) is 1.02. The SMILES string of the molecule is COC(=O)N1Cc2nc(C)[nH]c(=O)c2C1. The maximum absolute atomic E-state index is 11.5. The summed E-state index contributed by atoms with van der Waals surface area (Å²) >= 11 is 0. The molecule has 0 fully saturated rings. The van der Waals surface area contributed by atoms with E-state index in [2.05, 4.69) is 14.7 Å². The third-order valence-electron chi connectivity index (χ3n) is 2.34. The molecular formula is C9H11N3O3. The molecule has 2 rings (SSSR count). The maximum atomic E-state index is 11.5. The van der Waals surface area contributed by atoms with Gasteiger partial charge < -0.3 is 9.72 Å². The number of hydrogen-bond acceptors (Lipinski definition) is 4. The maximum Gasteiger partial charge on any atom is 0.410 e. The average molecular weight is 209 g/mol. The molecule has 1 aromatic rings. The van der Waals surface area contributed by atoms with Crippen molar-refractivity contribution in [1.29, 1.82) is 0 Å². The van der Waals surface area contributed by atoms with Gasteiger partial charge in [-0.15, -0.1) is 0 Å². The number of aromatic nitrogens is 2. The number of carbonyl (C=O) groups excluding carboxylic acids is 1. The van der Waals surface area contributed by atoms with Gasteiger partial charge in [-0.05, 0) is 6.92 Å². The van der Waals surface area contributed by atoms with Crippen LogP contribution in [0.25, 0.3) is 0 Å². The lowest BCUT2D eigenvalue weighted by Crippen LogP contribution is -2.25. The Kier molecular flexibility index (Phi) is 2.18. The summed E-state index contributed by atoms with van der Waals surface area (Å²) in [5, 5.41) is 0. The van der Waals surface area contributed by atoms with Crippen LogP contribution in [0.5, 0.6) is 0 Å². The number of nitrogens with one attached hydrogen (secondary N) is 1. The quantitative estimate of drug-likeness (QED) is 0.660. The van der Waals surface area contributed by atoms with Crippen molar-refractivity contribution in [2.75, 3.05) is 7.11 Å². The highest BCUT2D eigenvalue weighted by Crippen LogP contribution is 2.17. The van der Waals surface area contributed by atoms with Gasteiger partial charge in [0.2, 0.25) is 0 Å². The molecule has 0 saturated carbocycles. The molecule has 80 valence electrons. The van der Waals surface area contributed by atoms with Crippen LogP contribution in [0, 0.1) is 6.92 Å². The Morgan fingerprint density at radius 1 is 1.53 bits per heavy atom. The number of ether oxygens (including phenoxy) is 1. The molecule has 1 N–H and O–H groups in total. The van der Waals surface area contributed by atoms with Gasteiger partial charge in [-0.1, -0.05) is 0 Å². The highest BCUT2D eigenvalue weighted by atomic mass is 16.5. The zero-order valence-electron chi connectivity index (χ0n) is 8.53. The van der Waals surface area contributed by atoms with Gasteiger partial charge in [0.25, 0.3) is 5.56 Å². The fourth-order valence-electron chi connectivity index (χ4n) is 1.65. The second kappa shape index (κ2) is 3.38. The number of aromatic amines is 1. The first kappa shape index (κ1) is 9.70. The summed E-state index contributed by atoms with van der Waals surface area (Å²) in [6.45, 7) is 2.32. The molecule has 6 heteroatoms. The third kappa shape index (κ3) is 1.58. The standard InChI is InChI=1S/C9H11N3O3/c1-5-10-7-4-12(9(14)15-2)3-6(7)8(13)11-5/h3-4H2,1-2H3,(H,10,11,13). The number of amides is 1. The van der Waals surface area contributed by atoms with Crippen LogP contribution < -0.4 is 5.56 Å². The molecule has 0 bridgehead atoms. The monoisotopic (exact) mass is 209 g/mol. The Hall–Kier alpha value is -1.85. The molecule has 1 aliphatic heterocycles. The second-order valence-corrected chi connectivity index (χ2v) is 3.40. The number of rotatable bonds is 0. The van der Waals surface area contributed by atoms with Crippen molar-refractivity contribution in [3.63, 3.8) is 0 Å². The Balaban J connectivity index is 2.35. The number of fused-ring (bicyclic) bond motifs is 1. The van der Waals surface area contributed by atoms with Gasteiger partial charge >= 0.3 is 6.09 Å². The van der Waals surface area contributed by atoms with E-state index in [1.807, 2.05) is 0 Å². The molecule has 15 heavy (non-hydrogen) atoms. The molecule has 0 aliphatic carbocycles. The minimum Gasteiger partial charge on any atom is -0.453 e. The fraction of sp³-hybridized carbons (Fsp3) is 0.444. The molecule has 6 nitrogen and oxygen atoms in total. The highest BCUT2D eigenvalue weighted by Gasteiger charge is 2.27. The Bertz CT molecular complexity index is 466. The summed E-state index contributed by atoms with van der Waals surface area (Å²) in [6, 6.07) is 0. The van der Waals surface area contributed by atoms with Gasteiger partial charge in [0.05, 0.1) is 31.5 Å². The molecule has 0 unspecified atom stereocenters. The van der Waals surface area contributed by atoms with Crippen molar-refractivity contribution in [2.24, 2.45) is 0 Å². The predicted octanol–water partition coefficient (Wildman–Crippen LogP) is 0.160. The minimum atomic E-state index is -0.440. The molecule has 0 radical (unpaired) electrons. The normalized spacial score (nSPS) is 13.9. The van der Waals surface area contributed by atoms with E-state index in [1.54, 1.807) is 6.92 Å². The van der Waals surface area contributed by atoms with Gasteiger partial charge in [0, 0.05) is 0 Å². The van der Waals surface area contributed by atoms with Crippen LogP contribution in [0.1, 0.15) is 17.1 Å². The van der Waals surface area contributed by atoms with Crippen LogP contribution in [0.4, 0.5) is 4.79 Å². The highest BCUT2D eigenvalue weighted by molar-refractivity contribution is 5.68. The van der Waals surface area contributed by atoms with Crippen molar-refractivity contribution in [3.8, 4) is 0 Å². The number of carbonyl (C=O) groups is 1. The second-order valence-electron chi connectivity index (χ2n) is 3.40. The Morgan fingerprint density at radius 3 is 2.93 bits per heavy atom. The minimum absolute atomic E-state index is 0.177. The van der Waals surface area contributed by atoms with Gasteiger partial charge in [-0.2, -0.15) is 0 Å². The van der Waals surface area contributed by atoms with Crippen LogP contribution in [-0.4, -0.2) is 28.1 Å². The lowest BCUT2D eigenvalue weighted by Gasteiger charge is -2.11. The lowest BCUT2D eigenvalue weighted by molar-refractivity contribution is 0.123. The first-order chi connectivity index (χ1) is 7.11. The van der Waals surface area contributed by atoms with Crippen molar-refractivity contribution >= 4 is 6.09 Å². The van der Waals surface area contributed by atoms with Crippen LogP contribution in [-0.2, 0) is 17.8 Å². The molecule has 1 amide bonds. The molecule has 0 spiro atoms. The van der Waals surface area contributed by atoms with Crippen LogP contribution in [0.3, 0.4) is 0 Å². The summed E-state index contributed by atoms with van der Waals surface area (Å²) in [7, 11) is 1.31. The van der Waals surface area contributed by atoms with Gasteiger partial charge in [-0.25, -0.2) is 9.78 Å². The number of aryl methyl sites for hydroxylation is 1. The molecule has 0 atom stereocenters.